The highest BCUT2D eigenvalue weighted by atomic mass is 15.1. The minimum absolute atomic E-state index is 1.07. The van der Waals surface area contributed by atoms with Crippen molar-refractivity contribution in [3.63, 3.8) is 0 Å². The number of benzene rings is 5. The van der Waals surface area contributed by atoms with Crippen molar-refractivity contribution in [3.05, 3.63) is 175 Å². The first-order valence-corrected chi connectivity index (χ1v) is 15.3. The maximum atomic E-state index is 3.99. The van der Waals surface area contributed by atoms with Gasteiger partial charge in [-0.2, -0.15) is 0 Å². The summed E-state index contributed by atoms with van der Waals surface area (Å²) in [6.45, 7) is 6.05. The van der Waals surface area contributed by atoms with Crippen LogP contribution in [0.3, 0.4) is 0 Å². The monoisotopic (exact) mass is 570 g/mol. The summed E-state index contributed by atoms with van der Waals surface area (Å²) in [7, 11) is 2.12. The lowest BCUT2D eigenvalue weighted by molar-refractivity contribution is 0.982. The highest BCUT2D eigenvalue weighted by Gasteiger charge is 2.19. The quantitative estimate of drug-likeness (QED) is 0.163. The van der Waals surface area contributed by atoms with Gasteiger partial charge in [-0.05, 0) is 102 Å². The second-order valence-electron chi connectivity index (χ2n) is 11.0. The van der Waals surface area contributed by atoms with Crippen molar-refractivity contribution in [2.24, 2.45) is 0 Å². The number of nitrogens with zero attached hydrogens (tertiary/aromatic N) is 2. The Hall–Kier alpha value is -5.34. The van der Waals surface area contributed by atoms with Gasteiger partial charge >= 0.3 is 0 Å². The van der Waals surface area contributed by atoms with Crippen LogP contribution >= 0.6 is 0 Å². The highest BCUT2D eigenvalue weighted by Crippen LogP contribution is 2.38. The Morgan fingerprint density at radius 1 is 0.659 bits per heavy atom. The Morgan fingerprint density at radius 2 is 1.23 bits per heavy atom. The summed E-state index contributed by atoms with van der Waals surface area (Å²) in [5.41, 5.74) is 13.2. The summed E-state index contributed by atoms with van der Waals surface area (Å²) in [6.07, 6.45) is 14.9. The van der Waals surface area contributed by atoms with Crippen LogP contribution in [0.5, 0.6) is 0 Å². The van der Waals surface area contributed by atoms with Gasteiger partial charge in [-0.15, -0.1) is 0 Å². The van der Waals surface area contributed by atoms with Gasteiger partial charge in [0, 0.05) is 35.4 Å². The van der Waals surface area contributed by atoms with E-state index in [0.29, 0.717) is 0 Å². The topological polar surface area (TPSA) is 6.48 Å². The van der Waals surface area contributed by atoms with Gasteiger partial charge in [0.2, 0.25) is 0 Å². The fraction of sp³-hybridized carbons (Fsp3) is 0.0952. The van der Waals surface area contributed by atoms with E-state index in [1.54, 1.807) is 0 Å². The van der Waals surface area contributed by atoms with Crippen LogP contribution in [-0.4, -0.2) is 7.05 Å². The van der Waals surface area contributed by atoms with Crippen molar-refractivity contribution in [1.82, 2.24) is 0 Å². The number of allylic oxidation sites excluding steroid dienone is 5. The average Bonchev–Trinajstić information content (AvgIpc) is 3.09. The molecule has 44 heavy (non-hydrogen) atoms. The zero-order valence-electron chi connectivity index (χ0n) is 25.5. The molecule has 0 aliphatic heterocycles. The third kappa shape index (κ3) is 6.07. The first kappa shape index (κ1) is 28.8. The lowest BCUT2D eigenvalue weighted by atomic mass is 9.95. The molecule has 6 rings (SSSR count). The Balaban J connectivity index is 1.26. The molecule has 0 heterocycles. The normalized spacial score (nSPS) is 12.6. The van der Waals surface area contributed by atoms with Crippen LogP contribution in [0.15, 0.2) is 164 Å². The standard InChI is InChI=1S/C42H38N2/c1-4-12-39(13-5-2)44(42-19-11-17-36-16-9-10-18-41(36)42)40-30-24-35(25-31-40)34-22-28-38(29-23-34)43(3)37-26-20-33(21-27-37)32-14-7-6-8-15-32/h4-8,10-15,17-31H,1,9,16H2,2-3H3/b13-5-,39-12+. The zero-order chi connectivity index (χ0) is 30.3. The maximum Gasteiger partial charge on any atom is 0.0536 e. The number of anilines is 4. The Labute approximate surface area is 262 Å². The van der Waals surface area contributed by atoms with E-state index < -0.39 is 0 Å². The molecule has 1 aliphatic rings. The van der Waals surface area contributed by atoms with Crippen molar-refractivity contribution in [2.75, 3.05) is 16.8 Å². The van der Waals surface area contributed by atoms with E-state index in [0.717, 1.165) is 35.6 Å². The summed E-state index contributed by atoms with van der Waals surface area (Å²) < 4.78 is 0. The van der Waals surface area contributed by atoms with Crippen molar-refractivity contribution >= 4 is 28.8 Å². The number of rotatable bonds is 9. The lowest BCUT2D eigenvalue weighted by Gasteiger charge is -2.29. The molecule has 5 aromatic rings. The van der Waals surface area contributed by atoms with Crippen molar-refractivity contribution in [3.8, 4) is 22.3 Å². The highest BCUT2D eigenvalue weighted by molar-refractivity contribution is 5.82. The van der Waals surface area contributed by atoms with Crippen LogP contribution in [0.1, 0.15) is 24.5 Å². The van der Waals surface area contributed by atoms with Gasteiger partial charge in [0.15, 0.2) is 0 Å². The minimum Gasteiger partial charge on any atom is -0.345 e. The van der Waals surface area contributed by atoms with E-state index in [1.165, 1.54) is 39.1 Å². The first-order valence-electron chi connectivity index (χ1n) is 15.3. The molecule has 0 N–H and O–H groups in total. The molecule has 0 amide bonds. The predicted molar refractivity (Wildman–Crippen MR) is 191 cm³/mol. The van der Waals surface area contributed by atoms with E-state index in [-0.39, 0.29) is 0 Å². The summed E-state index contributed by atoms with van der Waals surface area (Å²) >= 11 is 0. The maximum absolute atomic E-state index is 3.99. The summed E-state index contributed by atoms with van der Waals surface area (Å²) in [5.74, 6) is 0. The Bertz CT molecular complexity index is 1810. The van der Waals surface area contributed by atoms with Gasteiger partial charge in [-0.1, -0.05) is 110 Å². The Kier molecular flexibility index (Phi) is 8.70. The summed E-state index contributed by atoms with van der Waals surface area (Å²) in [6, 6.07) is 43.6. The van der Waals surface area contributed by atoms with Gasteiger partial charge in [0.25, 0.3) is 0 Å². The molecule has 0 saturated heterocycles. The number of hydrogen-bond donors (Lipinski definition) is 0. The third-order valence-electron chi connectivity index (χ3n) is 8.24. The molecule has 0 saturated carbocycles. The van der Waals surface area contributed by atoms with Gasteiger partial charge in [-0.3, -0.25) is 0 Å². The van der Waals surface area contributed by atoms with Crippen LogP contribution in [0.4, 0.5) is 22.7 Å². The second kappa shape index (κ2) is 13.3. The predicted octanol–water partition coefficient (Wildman–Crippen LogP) is 11.5. The molecule has 216 valence electrons. The molecule has 0 unspecified atom stereocenters. The van der Waals surface area contributed by atoms with Crippen LogP contribution < -0.4 is 9.80 Å². The summed E-state index contributed by atoms with van der Waals surface area (Å²) in [4.78, 5) is 4.56. The molecule has 0 bridgehead atoms. The molecule has 1 aliphatic carbocycles. The largest absolute Gasteiger partial charge is 0.345 e. The first-order chi connectivity index (χ1) is 21.7. The van der Waals surface area contributed by atoms with E-state index in [9.17, 15) is 0 Å². The van der Waals surface area contributed by atoms with E-state index >= 15 is 0 Å². The molecular weight excluding hydrogens is 532 g/mol. The van der Waals surface area contributed by atoms with Gasteiger partial charge in [-0.25, -0.2) is 0 Å². The SMILES string of the molecule is C=C/C=C(\C=C/C)N(c1ccc(-c2ccc(N(C)c3ccc(-c4ccccc4)cc3)cc2)cc1)c1cccc2c1C=CCC2. The van der Waals surface area contributed by atoms with Crippen LogP contribution in [0.2, 0.25) is 0 Å². The molecule has 0 atom stereocenters. The van der Waals surface area contributed by atoms with E-state index in [2.05, 4.69) is 182 Å². The number of hydrogen-bond acceptors (Lipinski definition) is 2. The van der Waals surface area contributed by atoms with E-state index in [4.69, 9.17) is 0 Å². The Morgan fingerprint density at radius 3 is 1.80 bits per heavy atom. The fourth-order valence-corrected chi connectivity index (χ4v) is 5.91. The average molecular weight is 571 g/mol. The van der Waals surface area contributed by atoms with Gasteiger partial charge < -0.3 is 9.80 Å². The van der Waals surface area contributed by atoms with Crippen molar-refractivity contribution in [2.45, 2.75) is 19.8 Å². The number of aryl methyl sites for hydroxylation is 1. The van der Waals surface area contributed by atoms with Gasteiger partial charge in [0.1, 0.15) is 0 Å². The molecule has 0 aromatic heterocycles. The molecule has 0 fully saturated rings. The van der Waals surface area contributed by atoms with Gasteiger partial charge in [0.05, 0.1) is 5.69 Å². The smallest absolute Gasteiger partial charge is 0.0536 e. The van der Waals surface area contributed by atoms with Crippen molar-refractivity contribution < 1.29 is 0 Å². The minimum atomic E-state index is 1.07. The van der Waals surface area contributed by atoms with Crippen molar-refractivity contribution in [1.29, 1.82) is 0 Å². The fourth-order valence-electron chi connectivity index (χ4n) is 5.91. The molecule has 0 radical (unpaired) electrons. The summed E-state index contributed by atoms with van der Waals surface area (Å²) in [5, 5.41) is 0. The molecule has 2 nitrogen and oxygen atoms in total. The van der Waals surface area contributed by atoms with E-state index in [1.807, 2.05) is 6.08 Å². The molecular formula is C42H38N2. The third-order valence-corrected chi connectivity index (χ3v) is 8.24. The van der Waals surface area contributed by atoms with Crippen LogP contribution in [-0.2, 0) is 6.42 Å². The molecule has 2 heteroatoms. The zero-order valence-corrected chi connectivity index (χ0v) is 25.5. The second-order valence-corrected chi connectivity index (χ2v) is 11.0. The number of fused-ring (bicyclic) bond motifs is 1. The van der Waals surface area contributed by atoms with Crippen LogP contribution in [0.25, 0.3) is 28.3 Å². The van der Waals surface area contributed by atoms with Crippen LogP contribution in [0, 0.1) is 0 Å². The lowest BCUT2D eigenvalue weighted by Crippen LogP contribution is -2.17. The molecule has 0 spiro atoms. The molecule has 5 aromatic carbocycles.